The first-order valence-corrected chi connectivity index (χ1v) is 8.96. The van der Waals surface area contributed by atoms with E-state index in [4.69, 9.17) is 14.2 Å². The fourth-order valence-corrected chi connectivity index (χ4v) is 3.73. The maximum Gasteiger partial charge on any atom is 0.253 e. The van der Waals surface area contributed by atoms with E-state index in [1.165, 1.54) is 0 Å². The number of rotatable bonds is 2. The zero-order valence-corrected chi connectivity index (χ0v) is 14.6. The van der Waals surface area contributed by atoms with Gasteiger partial charge in [0.25, 0.3) is 5.91 Å². The third-order valence-corrected chi connectivity index (χ3v) is 5.15. The summed E-state index contributed by atoms with van der Waals surface area (Å²) in [5, 5.41) is 0. The van der Waals surface area contributed by atoms with E-state index in [0.29, 0.717) is 46.1 Å². The molecule has 1 aromatic rings. The molecule has 8 nitrogen and oxygen atoms in total. The van der Waals surface area contributed by atoms with E-state index in [1.54, 1.807) is 23.4 Å². The summed E-state index contributed by atoms with van der Waals surface area (Å²) in [6, 6.07) is 3.64. The van der Waals surface area contributed by atoms with Crippen molar-refractivity contribution in [2.75, 3.05) is 57.6 Å². The number of hydrogen-bond acceptors (Lipinski definition) is 6. The minimum Gasteiger partial charge on any atom is -0.381 e. The van der Waals surface area contributed by atoms with Crippen molar-refractivity contribution in [2.45, 2.75) is 12.0 Å². The lowest BCUT2D eigenvalue weighted by Crippen LogP contribution is -2.61. The molecule has 1 spiro atoms. The molecule has 1 aromatic heterocycles. The molecule has 3 fully saturated rings. The summed E-state index contributed by atoms with van der Waals surface area (Å²) in [5.41, 5.74) is 0.00142. The number of carbonyl (C=O) groups is 2. The Balaban J connectivity index is 1.53. The first-order valence-electron chi connectivity index (χ1n) is 8.96. The van der Waals surface area contributed by atoms with Crippen LogP contribution in [0.2, 0.25) is 0 Å². The van der Waals surface area contributed by atoms with E-state index >= 15 is 0 Å². The van der Waals surface area contributed by atoms with Crippen LogP contribution < -0.4 is 4.90 Å². The number of ether oxygens (including phenoxy) is 3. The van der Waals surface area contributed by atoms with Crippen molar-refractivity contribution < 1.29 is 23.8 Å². The summed E-state index contributed by atoms with van der Waals surface area (Å²) < 4.78 is 17.0. The Morgan fingerprint density at radius 1 is 1.27 bits per heavy atom. The number of nitrogens with zero attached hydrogens (tertiary/aromatic N) is 3. The molecule has 2 amide bonds. The summed E-state index contributed by atoms with van der Waals surface area (Å²) in [5.74, 6) is -0.124. The lowest BCUT2D eigenvalue weighted by Gasteiger charge is -2.43. The highest BCUT2D eigenvalue weighted by molar-refractivity contribution is 5.95. The average molecular weight is 361 g/mol. The summed E-state index contributed by atoms with van der Waals surface area (Å²) >= 11 is 0. The van der Waals surface area contributed by atoms with Crippen LogP contribution in [0.3, 0.4) is 0 Å². The minimum atomic E-state index is -0.727. The van der Waals surface area contributed by atoms with Crippen LogP contribution in [0.25, 0.3) is 0 Å². The normalized spacial score (nSPS) is 29.8. The van der Waals surface area contributed by atoms with Crippen molar-refractivity contribution in [3.8, 4) is 0 Å². The maximum absolute atomic E-state index is 12.8. The minimum absolute atomic E-state index is 0.0349. The van der Waals surface area contributed by atoms with Crippen LogP contribution in [0.5, 0.6) is 0 Å². The van der Waals surface area contributed by atoms with Gasteiger partial charge >= 0.3 is 0 Å². The number of aromatic nitrogens is 1. The van der Waals surface area contributed by atoms with Crippen LogP contribution in [0.15, 0.2) is 24.5 Å². The second kappa shape index (κ2) is 7.30. The molecule has 3 aliphatic rings. The monoisotopic (exact) mass is 361 g/mol. The molecule has 0 saturated carbocycles. The predicted molar refractivity (Wildman–Crippen MR) is 91.6 cm³/mol. The summed E-state index contributed by atoms with van der Waals surface area (Å²) in [4.78, 5) is 32.8. The van der Waals surface area contributed by atoms with E-state index in [2.05, 4.69) is 4.98 Å². The number of carbonyl (C=O) groups excluding carboxylic acids is 2. The number of hydrogen-bond donors (Lipinski definition) is 0. The van der Waals surface area contributed by atoms with E-state index in [1.807, 2.05) is 11.0 Å². The highest BCUT2D eigenvalue weighted by atomic mass is 16.6. The summed E-state index contributed by atoms with van der Waals surface area (Å²) in [6.45, 7) is 3.16. The van der Waals surface area contributed by atoms with Gasteiger partial charge in [0.1, 0.15) is 12.2 Å². The van der Waals surface area contributed by atoms with Crippen molar-refractivity contribution in [2.24, 2.45) is 5.92 Å². The van der Waals surface area contributed by atoms with Crippen LogP contribution in [0.4, 0.5) is 5.69 Å². The zero-order valence-electron chi connectivity index (χ0n) is 14.6. The van der Waals surface area contributed by atoms with Gasteiger partial charge in [0.15, 0.2) is 0 Å². The van der Waals surface area contributed by atoms with E-state index in [-0.39, 0.29) is 24.3 Å². The number of anilines is 1. The Morgan fingerprint density at radius 3 is 2.96 bits per heavy atom. The van der Waals surface area contributed by atoms with Gasteiger partial charge in [-0.3, -0.25) is 14.6 Å². The smallest absolute Gasteiger partial charge is 0.253 e. The largest absolute Gasteiger partial charge is 0.381 e. The highest BCUT2D eigenvalue weighted by Gasteiger charge is 2.45. The van der Waals surface area contributed by atoms with E-state index in [9.17, 15) is 9.59 Å². The van der Waals surface area contributed by atoms with Gasteiger partial charge in [-0.05, 0) is 18.6 Å². The van der Waals surface area contributed by atoms with Crippen LogP contribution in [0.1, 0.15) is 6.42 Å². The van der Waals surface area contributed by atoms with Gasteiger partial charge in [0.2, 0.25) is 5.91 Å². The number of morpholine rings is 1. The molecular weight excluding hydrogens is 338 g/mol. The zero-order chi connectivity index (χ0) is 18.0. The molecule has 2 atom stereocenters. The fourth-order valence-electron chi connectivity index (χ4n) is 3.73. The topological polar surface area (TPSA) is 81.2 Å². The van der Waals surface area contributed by atoms with Gasteiger partial charge < -0.3 is 24.0 Å². The van der Waals surface area contributed by atoms with Crippen LogP contribution in [-0.4, -0.2) is 80.0 Å². The maximum atomic E-state index is 12.8. The molecule has 3 saturated heterocycles. The van der Waals surface area contributed by atoms with Crippen molar-refractivity contribution in [1.29, 1.82) is 0 Å². The highest BCUT2D eigenvalue weighted by Crippen LogP contribution is 2.28. The standard InChI is InChI=1S/C18H23N3O5/c22-16-10-26-18(12-21(16)15-2-1-4-19-8-15)11-20(5-7-25-13-18)17(23)14-3-6-24-9-14/h1-2,4,8,14H,3,5-7,9-13H2. The Kier molecular flexibility index (Phi) is 4.88. The third-order valence-electron chi connectivity index (χ3n) is 5.15. The molecule has 4 heterocycles. The molecule has 0 bridgehead atoms. The van der Waals surface area contributed by atoms with Crippen molar-refractivity contribution in [3.63, 3.8) is 0 Å². The second-order valence-electron chi connectivity index (χ2n) is 7.04. The molecule has 0 radical (unpaired) electrons. The molecule has 2 unspecified atom stereocenters. The van der Waals surface area contributed by atoms with Crippen LogP contribution >= 0.6 is 0 Å². The molecule has 0 aliphatic carbocycles. The molecular formula is C18H23N3O5. The van der Waals surface area contributed by atoms with Gasteiger partial charge in [-0.2, -0.15) is 0 Å². The molecule has 26 heavy (non-hydrogen) atoms. The Hall–Kier alpha value is -2.03. The molecule has 3 aliphatic heterocycles. The quantitative estimate of drug-likeness (QED) is 0.742. The van der Waals surface area contributed by atoms with Gasteiger partial charge in [0.05, 0.1) is 50.7 Å². The number of pyridine rings is 1. The van der Waals surface area contributed by atoms with Crippen molar-refractivity contribution in [3.05, 3.63) is 24.5 Å². The predicted octanol–water partition coefficient (Wildman–Crippen LogP) is 0.0789. The molecule has 8 heteroatoms. The SMILES string of the molecule is O=C(C1CCOC1)N1CCOCC2(C1)CN(c1cccnc1)C(=O)CO2. The molecule has 140 valence electrons. The van der Waals surface area contributed by atoms with E-state index in [0.717, 1.165) is 12.1 Å². The van der Waals surface area contributed by atoms with Gasteiger partial charge in [-0.25, -0.2) is 0 Å². The fraction of sp³-hybridized carbons (Fsp3) is 0.611. The van der Waals surface area contributed by atoms with Crippen LogP contribution in [0, 0.1) is 5.92 Å². The number of amides is 2. The Morgan fingerprint density at radius 2 is 2.19 bits per heavy atom. The molecule has 0 aromatic carbocycles. The van der Waals surface area contributed by atoms with E-state index < -0.39 is 5.60 Å². The van der Waals surface area contributed by atoms with Gasteiger partial charge in [-0.15, -0.1) is 0 Å². The lowest BCUT2D eigenvalue weighted by atomic mass is 9.99. The van der Waals surface area contributed by atoms with Crippen LogP contribution in [-0.2, 0) is 23.8 Å². The first-order chi connectivity index (χ1) is 12.7. The second-order valence-corrected chi connectivity index (χ2v) is 7.04. The van der Waals surface area contributed by atoms with Gasteiger partial charge in [0, 0.05) is 19.3 Å². The summed E-state index contributed by atoms with van der Waals surface area (Å²) in [7, 11) is 0. The lowest BCUT2D eigenvalue weighted by molar-refractivity contribution is -0.151. The third kappa shape index (κ3) is 3.44. The van der Waals surface area contributed by atoms with Gasteiger partial charge in [-0.1, -0.05) is 0 Å². The molecule has 0 N–H and O–H groups in total. The Bertz CT molecular complexity index is 664. The Labute approximate surface area is 152 Å². The van der Waals surface area contributed by atoms with Crippen molar-refractivity contribution >= 4 is 17.5 Å². The summed E-state index contributed by atoms with van der Waals surface area (Å²) in [6.07, 6.45) is 4.08. The molecule has 4 rings (SSSR count). The average Bonchev–Trinajstić information content (AvgIpc) is 3.13. The first kappa shape index (κ1) is 17.4. The van der Waals surface area contributed by atoms with Crippen molar-refractivity contribution in [1.82, 2.24) is 9.88 Å².